The van der Waals surface area contributed by atoms with Gasteiger partial charge in [-0.1, -0.05) is 6.92 Å². The first kappa shape index (κ1) is 11.0. The normalized spacial score (nSPS) is 15.6. The van der Waals surface area contributed by atoms with Crippen molar-refractivity contribution in [2.24, 2.45) is 0 Å². The smallest absolute Gasteiger partial charge is 0.242 e. The third-order valence-corrected chi connectivity index (χ3v) is 2.74. The van der Waals surface area contributed by atoms with Crippen molar-refractivity contribution in [3.05, 3.63) is 6.33 Å². The fourth-order valence-corrected chi connectivity index (χ4v) is 1.55. The summed E-state index contributed by atoms with van der Waals surface area (Å²) in [4.78, 5) is 8.17. The van der Waals surface area contributed by atoms with Gasteiger partial charge in [-0.15, -0.1) is 0 Å². The number of ether oxygens (including phenoxy) is 1. The summed E-state index contributed by atoms with van der Waals surface area (Å²) in [5, 5.41) is 3.31. The average molecular weight is 222 g/mol. The van der Waals surface area contributed by atoms with Gasteiger partial charge in [0.05, 0.1) is 6.61 Å². The van der Waals surface area contributed by atoms with Gasteiger partial charge in [-0.05, 0) is 25.7 Å². The lowest BCUT2D eigenvalue weighted by Gasteiger charge is -2.27. The first-order valence-electron chi connectivity index (χ1n) is 5.81. The van der Waals surface area contributed by atoms with Crippen LogP contribution in [0.3, 0.4) is 0 Å². The van der Waals surface area contributed by atoms with Crippen LogP contribution < -0.4 is 15.8 Å². The zero-order chi connectivity index (χ0) is 11.4. The first-order chi connectivity index (χ1) is 7.81. The summed E-state index contributed by atoms with van der Waals surface area (Å²) in [6, 6.07) is 0.510. The zero-order valence-electron chi connectivity index (χ0n) is 9.57. The Balaban J connectivity index is 2.05. The summed E-state index contributed by atoms with van der Waals surface area (Å²) in [7, 11) is 0. The van der Waals surface area contributed by atoms with Gasteiger partial charge in [0.15, 0.2) is 5.82 Å². The third kappa shape index (κ3) is 2.35. The van der Waals surface area contributed by atoms with E-state index in [9.17, 15) is 0 Å². The van der Waals surface area contributed by atoms with E-state index in [-0.39, 0.29) is 0 Å². The van der Waals surface area contributed by atoms with Crippen LogP contribution in [-0.2, 0) is 0 Å². The van der Waals surface area contributed by atoms with Crippen LogP contribution in [0.5, 0.6) is 5.88 Å². The molecule has 3 N–H and O–H groups in total. The number of rotatable bonds is 5. The summed E-state index contributed by atoms with van der Waals surface area (Å²) in [5.41, 5.74) is 6.46. The van der Waals surface area contributed by atoms with E-state index >= 15 is 0 Å². The van der Waals surface area contributed by atoms with Gasteiger partial charge in [-0.3, -0.25) is 0 Å². The maximum absolute atomic E-state index is 5.94. The Bertz CT molecular complexity index is 352. The van der Waals surface area contributed by atoms with Crippen molar-refractivity contribution in [3.8, 4) is 5.88 Å². The maximum Gasteiger partial charge on any atom is 0.242 e. The highest BCUT2D eigenvalue weighted by atomic mass is 16.5. The van der Waals surface area contributed by atoms with Crippen LogP contribution in [0, 0.1) is 0 Å². The van der Waals surface area contributed by atoms with Crippen molar-refractivity contribution in [1.29, 1.82) is 0 Å². The van der Waals surface area contributed by atoms with Crippen LogP contribution in [0.15, 0.2) is 6.33 Å². The number of nitrogen functional groups attached to an aromatic ring is 1. The summed E-state index contributed by atoms with van der Waals surface area (Å²) in [6.07, 6.45) is 6.09. The van der Waals surface area contributed by atoms with Crippen molar-refractivity contribution in [3.63, 3.8) is 0 Å². The van der Waals surface area contributed by atoms with Gasteiger partial charge in [0, 0.05) is 6.04 Å². The summed E-state index contributed by atoms with van der Waals surface area (Å²) >= 11 is 0. The fourth-order valence-electron chi connectivity index (χ4n) is 1.55. The molecule has 0 atom stereocenters. The minimum Gasteiger partial charge on any atom is -0.476 e. The molecule has 1 saturated carbocycles. The van der Waals surface area contributed by atoms with Gasteiger partial charge >= 0.3 is 0 Å². The van der Waals surface area contributed by atoms with Crippen LogP contribution in [0.4, 0.5) is 11.5 Å². The topological polar surface area (TPSA) is 73.1 Å². The monoisotopic (exact) mass is 222 g/mol. The van der Waals surface area contributed by atoms with Crippen LogP contribution in [-0.4, -0.2) is 22.6 Å². The van der Waals surface area contributed by atoms with Gasteiger partial charge < -0.3 is 15.8 Å². The molecular weight excluding hydrogens is 204 g/mol. The Labute approximate surface area is 95.4 Å². The fraction of sp³-hybridized carbons (Fsp3) is 0.636. The molecule has 1 aliphatic rings. The molecule has 2 rings (SSSR count). The number of anilines is 2. The molecule has 0 aromatic carbocycles. The number of hydrogen-bond donors (Lipinski definition) is 2. The predicted molar refractivity (Wildman–Crippen MR) is 63.5 cm³/mol. The molecule has 1 fully saturated rings. The van der Waals surface area contributed by atoms with Gasteiger partial charge in [0.1, 0.15) is 12.0 Å². The van der Waals surface area contributed by atoms with Crippen molar-refractivity contribution in [2.75, 3.05) is 17.7 Å². The second kappa shape index (κ2) is 5.01. The quantitative estimate of drug-likeness (QED) is 0.795. The van der Waals surface area contributed by atoms with E-state index in [1.54, 1.807) is 0 Å². The van der Waals surface area contributed by atoms with Gasteiger partial charge in [0.25, 0.3) is 0 Å². The standard InChI is InChI=1S/C11H18N4O/c1-2-6-16-11-9(12)10(13-7-14-11)15-8-4-3-5-8/h7-8H,2-6,12H2,1H3,(H,13,14,15). The predicted octanol–water partition coefficient (Wildman–Crippen LogP) is 1.81. The second-order valence-electron chi connectivity index (χ2n) is 4.06. The van der Waals surface area contributed by atoms with Crippen molar-refractivity contribution < 1.29 is 4.74 Å². The lowest BCUT2D eigenvalue weighted by Crippen LogP contribution is -2.28. The summed E-state index contributed by atoms with van der Waals surface area (Å²) in [5.74, 6) is 1.18. The first-order valence-corrected chi connectivity index (χ1v) is 5.81. The van der Waals surface area contributed by atoms with Gasteiger partial charge in [-0.2, -0.15) is 4.98 Å². The minimum atomic E-state index is 0.485. The Kier molecular flexibility index (Phi) is 3.44. The lowest BCUT2D eigenvalue weighted by atomic mass is 9.93. The van der Waals surface area contributed by atoms with E-state index in [1.165, 1.54) is 25.6 Å². The zero-order valence-corrected chi connectivity index (χ0v) is 9.57. The van der Waals surface area contributed by atoms with E-state index in [2.05, 4.69) is 15.3 Å². The number of nitrogens with zero attached hydrogens (tertiary/aromatic N) is 2. The molecule has 88 valence electrons. The molecule has 1 heterocycles. The molecule has 1 aromatic rings. The molecule has 0 spiro atoms. The van der Waals surface area contributed by atoms with E-state index in [0.717, 1.165) is 6.42 Å². The SMILES string of the molecule is CCCOc1ncnc(NC2CCC2)c1N. The van der Waals surface area contributed by atoms with Crippen LogP contribution in [0.1, 0.15) is 32.6 Å². The highest BCUT2D eigenvalue weighted by molar-refractivity contribution is 5.66. The molecule has 0 aliphatic heterocycles. The molecule has 0 amide bonds. The van der Waals surface area contributed by atoms with E-state index in [1.807, 2.05) is 6.92 Å². The van der Waals surface area contributed by atoms with E-state index in [0.29, 0.717) is 30.0 Å². The number of hydrogen-bond acceptors (Lipinski definition) is 5. The second-order valence-corrected chi connectivity index (χ2v) is 4.06. The molecular formula is C11H18N4O. The van der Waals surface area contributed by atoms with Crippen LogP contribution in [0.2, 0.25) is 0 Å². The lowest BCUT2D eigenvalue weighted by molar-refractivity contribution is 0.306. The number of aromatic nitrogens is 2. The highest BCUT2D eigenvalue weighted by Crippen LogP contribution is 2.29. The Morgan fingerprint density at radius 3 is 2.94 bits per heavy atom. The Morgan fingerprint density at radius 1 is 1.50 bits per heavy atom. The molecule has 5 heteroatoms. The van der Waals surface area contributed by atoms with Crippen molar-refractivity contribution in [1.82, 2.24) is 9.97 Å². The Hall–Kier alpha value is -1.52. The molecule has 1 aromatic heterocycles. The molecule has 0 radical (unpaired) electrons. The summed E-state index contributed by atoms with van der Waals surface area (Å²) in [6.45, 7) is 2.68. The van der Waals surface area contributed by atoms with Crippen LogP contribution >= 0.6 is 0 Å². The molecule has 5 nitrogen and oxygen atoms in total. The largest absolute Gasteiger partial charge is 0.476 e. The van der Waals surface area contributed by atoms with Gasteiger partial charge in [0.2, 0.25) is 5.88 Å². The van der Waals surface area contributed by atoms with Crippen molar-refractivity contribution >= 4 is 11.5 Å². The molecule has 16 heavy (non-hydrogen) atoms. The average Bonchev–Trinajstić information content (AvgIpc) is 2.23. The third-order valence-electron chi connectivity index (χ3n) is 2.74. The summed E-state index contributed by atoms with van der Waals surface area (Å²) < 4.78 is 5.44. The van der Waals surface area contributed by atoms with Crippen molar-refractivity contribution in [2.45, 2.75) is 38.6 Å². The van der Waals surface area contributed by atoms with E-state index in [4.69, 9.17) is 10.5 Å². The number of nitrogens with one attached hydrogen (secondary N) is 1. The highest BCUT2D eigenvalue weighted by Gasteiger charge is 2.19. The van der Waals surface area contributed by atoms with E-state index < -0.39 is 0 Å². The Morgan fingerprint density at radius 2 is 2.31 bits per heavy atom. The van der Waals surface area contributed by atoms with Crippen LogP contribution in [0.25, 0.3) is 0 Å². The maximum atomic E-state index is 5.94. The minimum absolute atomic E-state index is 0.485. The molecule has 0 saturated heterocycles. The molecule has 0 bridgehead atoms. The van der Waals surface area contributed by atoms with Gasteiger partial charge in [-0.25, -0.2) is 4.98 Å². The number of nitrogens with two attached hydrogens (primary N) is 1. The molecule has 0 unspecified atom stereocenters. The molecule has 1 aliphatic carbocycles.